The van der Waals surface area contributed by atoms with Gasteiger partial charge in [-0.15, -0.1) is 0 Å². The number of likely N-dealkylation sites (tertiary alicyclic amines) is 1. The number of hydrogen-bond donors (Lipinski definition) is 3. The first-order chi connectivity index (χ1) is 22.3. The molecule has 2 aliphatic rings. The molecule has 2 aliphatic heterocycles. The molecule has 0 saturated carbocycles. The monoisotopic (exact) mass is 640 g/mol. The Morgan fingerprint density at radius 1 is 0.913 bits per heavy atom. The molecule has 1 amide bonds. The average Bonchev–Trinajstić information content (AvgIpc) is 3.09. The summed E-state index contributed by atoms with van der Waals surface area (Å²) in [7, 11) is 0. The lowest BCUT2D eigenvalue weighted by molar-refractivity contribution is -0.253. The maximum absolute atomic E-state index is 11.5. The van der Waals surface area contributed by atoms with Crippen LogP contribution in [-0.2, 0) is 33.0 Å². The SMILES string of the molecule is CC(=O)NCc1ccccc1-c1ccc([C@@H]2O[C@H](CN3CCC(O)(c4ccc(Cl)cc4)CC3)C[C@H](c3ccc(CO)cc3)O2)cc1. The van der Waals surface area contributed by atoms with E-state index >= 15 is 0 Å². The molecule has 2 heterocycles. The molecule has 4 aromatic carbocycles. The molecule has 0 radical (unpaired) electrons. The van der Waals surface area contributed by atoms with Crippen LogP contribution < -0.4 is 5.32 Å². The summed E-state index contributed by atoms with van der Waals surface area (Å²) in [6.45, 7) is 4.23. The molecule has 46 heavy (non-hydrogen) atoms. The number of benzene rings is 4. The van der Waals surface area contributed by atoms with Gasteiger partial charge < -0.3 is 29.9 Å². The van der Waals surface area contributed by atoms with Crippen LogP contribution in [0.4, 0.5) is 0 Å². The van der Waals surface area contributed by atoms with E-state index in [1.807, 2.05) is 66.7 Å². The minimum atomic E-state index is -0.861. The fraction of sp³-hybridized carbons (Fsp3) is 0.342. The van der Waals surface area contributed by atoms with E-state index in [9.17, 15) is 15.0 Å². The van der Waals surface area contributed by atoms with Crippen molar-refractivity contribution < 1.29 is 24.5 Å². The molecule has 6 rings (SSSR count). The van der Waals surface area contributed by atoms with Gasteiger partial charge in [0.2, 0.25) is 5.91 Å². The highest BCUT2D eigenvalue weighted by Crippen LogP contribution is 2.40. The molecule has 4 aromatic rings. The van der Waals surface area contributed by atoms with E-state index in [2.05, 4.69) is 40.5 Å². The van der Waals surface area contributed by atoms with Gasteiger partial charge in [-0.25, -0.2) is 0 Å². The molecule has 3 atom stereocenters. The Morgan fingerprint density at radius 2 is 1.59 bits per heavy atom. The Bertz CT molecular complexity index is 1600. The highest BCUT2D eigenvalue weighted by molar-refractivity contribution is 6.30. The first kappa shape index (κ1) is 32.4. The largest absolute Gasteiger partial charge is 0.392 e. The summed E-state index contributed by atoms with van der Waals surface area (Å²) in [5.41, 5.74) is 6.05. The zero-order chi connectivity index (χ0) is 32.1. The second-order valence-corrected chi connectivity index (χ2v) is 12.8. The quantitative estimate of drug-likeness (QED) is 0.189. The van der Waals surface area contributed by atoms with E-state index in [4.69, 9.17) is 21.1 Å². The highest BCUT2D eigenvalue weighted by atomic mass is 35.5. The van der Waals surface area contributed by atoms with Crippen molar-refractivity contribution >= 4 is 17.5 Å². The normalized spacial score (nSPS) is 21.5. The van der Waals surface area contributed by atoms with Crippen LogP contribution in [0.25, 0.3) is 11.1 Å². The number of halogens is 1. The van der Waals surface area contributed by atoms with Crippen LogP contribution in [0, 0.1) is 0 Å². The number of carbonyl (C=O) groups is 1. The molecular formula is C38H41ClN2O5. The Morgan fingerprint density at radius 3 is 2.26 bits per heavy atom. The predicted octanol–water partition coefficient (Wildman–Crippen LogP) is 6.66. The number of hydrogen-bond acceptors (Lipinski definition) is 6. The van der Waals surface area contributed by atoms with Crippen molar-refractivity contribution in [3.05, 3.63) is 130 Å². The molecule has 2 fully saturated rings. The number of amides is 1. The molecule has 7 nitrogen and oxygen atoms in total. The van der Waals surface area contributed by atoms with Crippen LogP contribution in [-0.4, -0.2) is 46.8 Å². The van der Waals surface area contributed by atoms with E-state index in [0.29, 0.717) is 30.8 Å². The van der Waals surface area contributed by atoms with Gasteiger partial charge in [0.25, 0.3) is 0 Å². The van der Waals surface area contributed by atoms with E-state index in [-0.39, 0.29) is 24.7 Å². The Balaban J connectivity index is 1.18. The summed E-state index contributed by atoms with van der Waals surface area (Å²) in [5.74, 6) is -0.0614. The van der Waals surface area contributed by atoms with Gasteiger partial charge in [-0.05, 0) is 58.4 Å². The average molecular weight is 641 g/mol. The third kappa shape index (κ3) is 7.69. The third-order valence-corrected chi connectivity index (χ3v) is 9.43. The molecular weight excluding hydrogens is 600 g/mol. The van der Waals surface area contributed by atoms with Crippen molar-refractivity contribution in [1.29, 1.82) is 0 Å². The molecule has 0 bridgehead atoms. The van der Waals surface area contributed by atoms with Crippen LogP contribution in [0.3, 0.4) is 0 Å². The standard InChI is InChI=1S/C38H41ClN2O5/c1-26(43)40-23-31-4-2-3-5-35(31)28-10-12-30(13-11-28)37-45-34(22-36(46-37)29-8-6-27(25-42)7-9-29)24-41-20-18-38(44,19-21-41)32-14-16-33(39)17-15-32/h2-17,34,36-37,42,44H,18-25H2,1H3,(H,40,43)/t34-,36+,37+/m0/s1. The summed E-state index contributed by atoms with van der Waals surface area (Å²) < 4.78 is 13.2. The summed E-state index contributed by atoms with van der Waals surface area (Å²) in [4.78, 5) is 13.9. The van der Waals surface area contributed by atoms with Crippen molar-refractivity contribution in [3.8, 4) is 11.1 Å². The van der Waals surface area contributed by atoms with E-state index in [1.54, 1.807) is 0 Å². The second-order valence-electron chi connectivity index (χ2n) is 12.4. The summed E-state index contributed by atoms with van der Waals surface area (Å²) in [6.07, 6.45) is 1.16. The van der Waals surface area contributed by atoms with Crippen LogP contribution in [0.1, 0.15) is 66.4 Å². The van der Waals surface area contributed by atoms with Crippen LogP contribution in [0.15, 0.2) is 97.1 Å². The number of aliphatic hydroxyl groups excluding tert-OH is 1. The minimum absolute atomic E-state index is 0.00220. The topological polar surface area (TPSA) is 91.3 Å². The smallest absolute Gasteiger partial charge is 0.217 e. The number of carbonyl (C=O) groups excluding carboxylic acids is 1. The maximum atomic E-state index is 11.5. The lowest BCUT2D eigenvalue weighted by Gasteiger charge is -2.42. The molecule has 3 N–H and O–H groups in total. The third-order valence-electron chi connectivity index (χ3n) is 9.18. The zero-order valence-corrected chi connectivity index (χ0v) is 26.8. The van der Waals surface area contributed by atoms with E-state index < -0.39 is 11.9 Å². The summed E-state index contributed by atoms with van der Waals surface area (Å²) >= 11 is 6.08. The van der Waals surface area contributed by atoms with Crippen LogP contribution in [0.2, 0.25) is 5.02 Å². The van der Waals surface area contributed by atoms with Crippen LogP contribution in [0.5, 0.6) is 0 Å². The van der Waals surface area contributed by atoms with Gasteiger partial charge in [-0.3, -0.25) is 4.79 Å². The van der Waals surface area contributed by atoms with Gasteiger partial charge in [0, 0.05) is 50.1 Å². The number of aliphatic hydroxyl groups is 2. The minimum Gasteiger partial charge on any atom is -0.392 e. The first-order valence-corrected chi connectivity index (χ1v) is 16.3. The van der Waals surface area contributed by atoms with Gasteiger partial charge in [0.1, 0.15) is 0 Å². The van der Waals surface area contributed by atoms with Gasteiger partial charge in [-0.2, -0.15) is 0 Å². The van der Waals surface area contributed by atoms with Gasteiger partial charge in [0.05, 0.1) is 24.4 Å². The lowest BCUT2D eigenvalue weighted by atomic mass is 9.84. The molecule has 0 spiro atoms. The van der Waals surface area contributed by atoms with E-state index in [1.165, 1.54) is 6.92 Å². The number of nitrogens with one attached hydrogen (secondary N) is 1. The fourth-order valence-electron chi connectivity index (χ4n) is 6.47. The Labute approximate surface area is 275 Å². The fourth-order valence-corrected chi connectivity index (χ4v) is 6.60. The van der Waals surface area contributed by atoms with Crippen molar-refractivity contribution in [3.63, 3.8) is 0 Å². The van der Waals surface area contributed by atoms with Gasteiger partial charge >= 0.3 is 0 Å². The predicted molar refractivity (Wildman–Crippen MR) is 179 cm³/mol. The van der Waals surface area contributed by atoms with Gasteiger partial charge in [-0.1, -0.05) is 96.5 Å². The second kappa shape index (κ2) is 14.5. The number of ether oxygens (including phenoxy) is 2. The van der Waals surface area contributed by atoms with E-state index in [0.717, 1.165) is 58.6 Å². The Kier molecular flexibility index (Phi) is 10.2. The van der Waals surface area contributed by atoms with Crippen molar-refractivity contribution in [1.82, 2.24) is 10.2 Å². The molecule has 0 aliphatic carbocycles. The lowest BCUT2D eigenvalue weighted by Crippen LogP contribution is -2.46. The van der Waals surface area contributed by atoms with Crippen molar-refractivity contribution in [2.75, 3.05) is 19.6 Å². The zero-order valence-electron chi connectivity index (χ0n) is 26.1. The summed E-state index contributed by atoms with van der Waals surface area (Å²) in [6, 6.07) is 31.8. The molecule has 2 saturated heterocycles. The Hall–Kier alpha value is -3.56. The number of piperidine rings is 1. The van der Waals surface area contributed by atoms with Crippen LogP contribution >= 0.6 is 11.6 Å². The van der Waals surface area contributed by atoms with Crippen molar-refractivity contribution in [2.24, 2.45) is 0 Å². The maximum Gasteiger partial charge on any atom is 0.217 e. The molecule has 8 heteroatoms. The number of nitrogens with zero attached hydrogens (tertiary/aromatic N) is 1. The molecule has 0 aromatic heterocycles. The summed E-state index contributed by atoms with van der Waals surface area (Å²) in [5, 5.41) is 24.5. The number of rotatable bonds is 9. The molecule has 0 unspecified atom stereocenters. The molecule has 240 valence electrons. The van der Waals surface area contributed by atoms with Gasteiger partial charge in [0.15, 0.2) is 6.29 Å². The van der Waals surface area contributed by atoms with Crippen molar-refractivity contribution in [2.45, 2.75) is 63.4 Å². The first-order valence-electron chi connectivity index (χ1n) is 15.9. The highest BCUT2D eigenvalue weighted by Gasteiger charge is 2.37.